The molecule has 1 aromatic carbocycles. The molecule has 0 aliphatic rings. The fourth-order valence-corrected chi connectivity index (χ4v) is 0.995. The first kappa shape index (κ1) is 20.1. The van der Waals surface area contributed by atoms with Crippen LogP contribution in [0.15, 0.2) is 36.5 Å². The van der Waals surface area contributed by atoms with E-state index in [4.69, 9.17) is 0 Å². The molecule has 1 heteroatoms. The number of nitrogens with one attached hydrogen (secondary N) is 1. The summed E-state index contributed by atoms with van der Waals surface area (Å²) in [7, 11) is 0. The standard InChI is InChI=1S/C8H7N.2C4H10.C2H6/c1-2-4-8-7(3-1)5-6-9-8;2*1-4(2)3;1-2/h1-6,9H;2*4H,1-3H3;1-2H3. The van der Waals surface area contributed by atoms with E-state index in [1.807, 2.05) is 32.2 Å². The van der Waals surface area contributed by atoms with Crippen molar-refractivity contribution in [1.29, 1.82) is 0 Å². The van der Waals surface area contributed by atoms with Crippen LogP contribution in [0.4, 0.5) is 0 Å². The monoisotopic (exact) mass is 263 g/mol. The summed E-state index contributed by atoms with van der Waals surface area (Å²) in [5.74, 6) is 1.67. The highest BCUT2D eigenvalue weighted by molar-refractivity contribution is 5.78. The summed E-state index contributed by atoms with van der Waals surface area (Å²) < 4.78 is 0. The van der Waals surface area contributed by atoms with Crippen molar-refractivity contribution in [3.63, 3.8) is 0 Å². The van der Waals surface area contributed by atoms with Crippen molar-refractivity contribution < 1.29 is 0 Å². The lowest BCUT2D eigenvalue weighted by Crippen LogP contribution is -1.66. The molecule has 19 heavy (non-hydrogen) atoms. The zero-order valence-electron chi connectivity index (χ0n) is 14.1. The van der Waals surface area contributed by atoms with Gasteiger partial charge in [0.05, 0.1) is 0 Å². The molecule has 1 aromatic heterocycles. The molecule has 0 spiro atoms. The first-order chi connectivity index (χ1) is 8.93. The maximum Gasteiger partial charge on any atom is 0.0453 e. The Morgan fingerprint density at radius 3 is 1.58 bits per heavy atom. The second-order valence-electron chi connectivity index (χ2n) is 5.53. The molecule has 0 saturated heterocycles. The topological polar surface area (TPSA) is 15.8 Å². The van der Waals surface area contributed by atoms with Gasteiger partial charge in [-0.1, -0.05) is 73.6 Å². The van der Waals surface area contributed by atoms with E-state index in [1.54, 1.807) is 0 Å². The van der Waals surface area contributed by atoms with Gasteiger partial charge in [-0.05, 0) is 29.4 Å². The number of hydrogen-bond acceptors (Lipinski definition) is 0. The van der Waals surface area contributed by atoms with Gasteiger partial charge in [0.2, 0.25) is 0 Å². The highest BCUT2D eigenvalue weighted by Crippen LogP contribution is 2.09. The normalized spacial score (nSPS) is 8.95. The summed E-state index contributed by atoms with van der Waals surface area (Å²) in [6.07, 6.45) is 1.95. The average molecular weight is 263 g/mol. The Morgan fingerprint density at radius 2 is 1.16 bits per heavy atom. The second kappa shape index (κ2) is 13.2. The van der Waals surface area contributed by atoms with Crippen LogP contribution >= 0.6 is 0 Å². The number of fused-ring (bicyclic) bond motifs is 1. The molecule has 1 N–H and O–H groups in total. The minimum atomic E-state index is 0.833. The van der Waals surface area contributed by atoms with E-state index in [9.17, 15) is 0 Å². The van der Waals surface area contributed by atoms with Gasteiger partial charge in [0.25, 0.3) is 0 Å². The molecule has 1 heterocycles. The number of benzene rings is 1. The number of rotatable bonds is 0. The first-order valence-electron chi connectivity index (χ1n) is 7.45. The second-order valence-corrected chi connectivity index (χ2v) is 5.53. The summed E-state index contributed by atoms with van der Waals surface area (Å²) in [5.41, 5.74) is 1.21. The van der Waals surface area contributed by atoms with Gasteiger partial charge >= 0.3 is 0 Å². The van der Waals surface area contributed by atoms with Crippen LogP contribution in [0.25, 0.3) is 10.9 Å². The molecule has 0 fully saturated rings. The van der Waals surface area contributed by atoms with Crippen LogP contribution in [0.3, 0.4) is 0 Å². The van der Waals surface area contributed by atoms with Gasteiger partial charge in [0.1, 0.15) is 0 Å². The minimum absolute atomic E-state index is 0.833. The van der Waals surface area contributed by atoms with E-state index < -0.39 is 0 Å². The molecule has 0 aliphatic heterocycles. The van der Waals surface area contributed by atoms with E-state index in [-0.39, 0.29) is 0 Å². The third-order valence-corrected chi connectivity index (χ3v) is 1.46. The number of aromatic amines is 1. The zero-order chi connectivity index (χ0) is 15.3. The minimum Gasteiger partial charge on any atom is -0.361 e. The van der Waals surface area contributed by atoms with E-state index in [1.165, 1.54) is 10.9 Å². The molecule has 0 unspecified atom stereocenters. The maximum atomic E-state index is 3.12. The van der Waals surface area contributed by atoms with Crippen LogP contribution < -0.4 is 0 Å². The van der Waals surface area contributed by atoms with E-state index in [0.29, 0.717) is 0 Å². The van der Waals surface area contributed by atoms with Crippen LogP contribution in [-0.4, -0.2) is 4.98 Å². The lowest BCUT2D eigenvalue weighted by Gasteiger charge is -1.83. The predicted octanol–water partition coefficient (Wildman–Crippen LogP) is 6.52. The maximum absolute atomic E-state index is 3.12. The van der Waals surface area contributed by atoms with Crippen molar-refractivity contribution in [2.45, 2.75) is 55.4 Å². The number of hydrogen-bond donors (Lipinski definition) is 1. The van der Waals surface area contributed by atoms with Crippen molar-refractivity contribution in [1.82, 2.24) is 4.98 Å². The average Bonchev–Trinajstić information content (AvgIpc) is 2.78. The van der Waals surface area contributed by atoms with Gasteiger partial charge in [0.15, 0.2) is 0 Å². The van der Waals surface area contributed by atoms with Crippen LogP contribution in [0, 0.1) is 11.8 Å². The predicted molar refractivity (Wildman–Crippen MR) is 90.7 cm³/mol. The molecule has 110 valence electrons. The van der Waals surface area contributed by atoms with Crippen molar-refractivity contribution in [3.05, 3.63) is 36.5 Å². The largest absolute Gasteiger partial charge is 0.361 e. The fraction of sp³-hybridized carbons (Fsp3) is 0.556. The summed E-state index contributed by atoms with van der Waals surface area (Å²) >= 11 is 0. The number of aromatic nitrogens is 1. The van der Waals surface area contributed by atoms with E-state index >= 15 is 0 Å². The quantitative estimate of drug-likeness (QED) is 0.557. The summed E-state index contributed by atoms with van der Waals surface area (Å²) in [6, 6.07) is 10.3. The summed E-state index contributed by atoms with van der Waals surface area (Å²) in [5, 5.41) is 1.28. The zero-order valence-corrected chi connectivity index (χ0v) is 14.1. The van der Waals surface area contributed by atoms with Gasteiger partial charge < -0.3 is 4.98 Å². The molecular weight excluding hydrogens is 230 g/mol. The molecule has 0 aliphatic carbocycles. The summed E-state index contributed by atoms with van der Waals surface area (Å²) in [4.78, 5) is 3.12. The fourth-order valence-electron chi connectivity index (χ4n) is 0.995. The third-order valence-electron chi connectivity index (χ3n) is 1.46. The highest BCUT2D eigenvalue weighted by atomic mass is 14.6. The van der Waals surface area contributed by atoms with Crippen molar-refractivity contribution in [2.24, 2.45) is 11.8 Å². The van der Waals surface area contributed by atoms with E-state index in [0.717, 1.165) is 11.8 Å². The van der Waals surface area contributed by atoms with Gasteiger partial charge in [-0.25, -0.2) is 0 Å². The van der Waals surface area contributed by atoms with E-state index in [2.05, 4.69) is 64.7 Å². The van der Waals surface area contributed by atoms with Gasteiger partial charge in [-0.2, -0.15) is 0 Å². The van der Waals surface area contributed by atoms with Gasteiger partial charge in [-0.3, -0.25) is 0 Å². The third kappa shape index (κ3) is 14.7. The molecule has 0 bridgehead atoms. The van der Waals surface area contributed by atoms with Crippen molar-refractivity contribution >= 4 is 10.9 Å². The Balaban J connectivity index is 0. The molecule has 0 radical (unpaired) electrons. The summed E-state index contributed by atoms with van der Waals surface area (Å²) in [6.45, 7) is 17.0. The molecule has 1 nitrogen and oxygen atoms in total. The Labute approximate surface area is 120 Å². The van der Waals surface area contributed by atoms with Crippen LogP contribution in [0.1, 0.15) is 55.4 Å². The van der Waals surface area contributed by atoms with Gasteiger partial charge in [-0.15, -0.1) is 0 Å². The van der Waals surface area contributed by atoms with Crippen LogP contribution in [-0.2, 0) is 0 Å². The Hall–Kier alpha value is -1.24. The number of H-pyrrole nitrogens is 1. The molecule has 0 atom stereocenters. The lowest BCUT2D eigenvalue weighted by atomic mass is 10.3. The Bertz CT molecular complexity index is 343. The van der Waals surface area contributed by atoms with Crippen LogP contribution in [0.2, 0.25) is 0 Å². The molecular formula is C18H33N. The Kier molecular flexibility index (Phi) is 14.0. The molecule has 2 rings (SSSR count). The number of para-hydroxylation sites is 1. The SMILES string of the molecule is CC.CC(C)C.CC(C)C.c1ccc2[nH]ccc2c1. The molecule has 0 amide bonds. The van der Waals surface area contributed by atoms with Crippen LogP contribution in [0.5, 0.6) is 0 Å². The van der Waals surface area contributed by atoms with Crippen molar-refractivity contribution in [2.75, 3.05) is 0 Å². The molecule has 0 saturated carbocycles. The highest BCUT2D eigenvalue weighted by Gasteiger charge is 1.86. The smallest absolute Gasteiger partial charge is 0.0453 e. The molecule has 2 aromatic rings. The first-order valence-corrected chi connectivity index (χ1v) is 7.45. The van der Waals surface area contributed by atoms with Crippen molar-refractivity contribution in [3.8, 4) is 0 Å². The Morgan fingerprint density at radius 1 is 0.737 bits per heavy atom. The van der Waals surface area contributed by atoms with Gasteiger partial charge in [0, 0.05) is 11.7 Å². The lowest BCUT2D eigenvalue weighted by molar-refractivity contribution is 0.736.